The second kappa shape index (κ2) is 12.1. The van der Waals surface area contributed by atoms with Crippen LogP contribution in [-0.4, -0.2) is 35.4 Å². The molecule has 0 amide bonds. The molecular formula is C31H35F2N3O4. The normalized spacial score (nSPS) is 14.7. The van der Waals surface area contributed by atoms with Crippen molar-refractivity contribution in [2.24, 2.45) is 5.41 Å². The molecule has 4 rings (SSSR count). The third kappa shape index (κ3) is 6.83. The fraction of sp³-hybridized carbons (Fsp3) is 0.387. The number of nitrogen functional groups attached to an aromatic ring is 1. The van der Waals surface area contributed by atoms with E-state index in [0.717, 1.165) is 43.4 Å². The number of H-pyrrole nitrogens is 1. The van der Waals surface area contributed by atoms with E-state index < -0.39 is 29.0 Å². The summed E-state index contributed by atoms with van der Waals surface area (Å²) in [4.78, 5) is 40.9. The molecule has 212 valence electrons. The van der Waals surface area contributed by atoms with E-state index in [1.54, 1.807) is 12.1 Å². The number of anilines is 1. The summed E-state index contributed by atoms with van der Waals surface area (Å²) in [5.41, 5.74) is 6.31. The molecule has 1 atom stereocenters. The number of benzene rings is 2. The van der Waals surface area contributed by atoms with Crippen LogP contribution in [0.5, 0.6) is 0 Å². The smallest absolute Gasteiger partial charge is 0.323 e. The predicted octanol–water partition coefficient (Wildman–Crippen LogP) is 5.17. The van der Waals surface area contributed by atoms with Crippen LogP contribution in [-0.2, 0) is 16.0 Å². The highest BCUT2D eigenvalue weighted by atomic mass is 19.1. The monoisotopic (exact) mass is 551 g/mol. The van der Waals surface area contributed by atoms with Gasteiger partial charge in [0.1, 0.15) is 29.6 Å². The molecule has 0 spiro atoms. The minimum Gasteiger partial charge on any atom is -0.461 e. The number of nitrogens with two attached hydrogens (primary N) is 1. The predicted molar refractivity (Wildman–Crippen MR) is 150 cm³/mol. The van der Waals surface area contributed by atoms with Crippen molar-refractivity contribution in [1.29, 1.82) is 0 Å². The first-order valence-corrected chi connectivity index (χ1v) is 13.5. The van der Waals surface area contributed by atoms with Gasteiger partial charge in [0.05, 0.1) is 11.1 Å². The van der Waals surface area contributed by atoms with Crippen molar-refractivity contribution in [3.05, 3.63) is 87.2 Å². The average molecular weight is 552 g/mol. The van der Waals surface area contributed by atoms with Crippen LogP contribution >= 0.6 is 0 Å². The second-order valence-corrected chi connectivity index (χ2v) is 11.3. The molecule has 40 heavy (non-hydrogen) atoms. The number of aromatic amines is 1. The molecule has 1 heterocycles. The molecule has 4 N–H and O–H groups in total. The Hall–Kier alpha value is -3.85. The summed E-state index contributed by atoms with van der Waals surface area (Å²) in [6, 6.07) is 10.7. The Morgan fingerprint density at radius 3 is 2.35 bits per heavy atom. The molecule has 7 nitrogen and oxygen atoms in total. The Kier molecular flexibility index (Phi) is 8.83. The molecule has 0 aliphatic heterocycles. The van der Waals surface area contributed by atoms with Crippen molar-refractivity contribution in [2.75, 3.05) is 12.3 Å². The van der Waals surface area contributed by atoms with E-state index >= 15 is 0 Å². The number of carbonyl (C=O) groups excluding carboxylic acids is 2. The summed E-state index contributed by atoms with van der Waals surface area (Å²) in [5.74, 6) is -3.02. The van der Waals surface area contributed by atoms with Crippen LogP contribution in [0.25, 0.3) is 11.1 Å². The molecule has 1 fully saturated rings. The van der Waals surface area contributed by atoms with Crippen molar-refractivity contribution >= 4 is 17.6 Å². The Morgan fingerprint density at radius 2 is 1.73 bits per heavy atom. The molecule has 1 aliphatic rings. The number of carbonyl (C=O) groups is 2. The fourth-order valence-corrected chi connectivity index (χ4v) is 4.96. The van der Waals surface area contributed by atoms with E-state index in [1.807, 2.05) is 32.9 Å². The topological polar surface area (TPSA) is 114 Å². The number of ketones is 1. The number of halogens is 2. The fourth-order valence-electron chi connectivity index (χ4n) is 4.96. The molecule has 3 aromatic rings. The molecule has 0 radical (unpaired) electrons. The van der Waals surface area contributed by atoms with Crippen LogP contribution in [0.2, 0.25) is 0 Å². The van der Waals surface area contributed by atoms with Crippen LogP contribution in [0, 0.1) is 17.0 Å². The number of pyridine rings is 1. The minimum atomic E-state index is -1.02. The third-order valence-electron chi connectivity index (χ3n) is 7.21. The lowest BCUT2D eigenvalue weighted by molar-refractivity contribution is -0.154. The highest BCUT2D eigenvalue weighted by molar-refractivity contribution is 6.12. The van der Waals surface area contributed by atoms with E-state index in [0.29, 0.717) is 24.6 Å². The SMILES string of the molecule is CC(C)(C)[C@H](NCCc1ccc(-c2cc(C(=O)c3ccc(F)cc3F)c(N)[nH]c2=O)cc1)C(=O)OC1CCCC1. The zero-order chi connectivity index (χ0) is 29.0. The van der Waals surface area contributed by atoms with Crippen molar-refractivity contribution in [1.82, 2.24) is 10.3 Å². The summed E-state index contributed by atoms with van der Waals surface area (Å²) in [6.07, 6.45) is 4.67. The zero-order valence-electron chi connectivity index (χ0n) is 23.0. The first kappa shape index (κ1) is 29.1. The minimum absolute atomic E-state index is 0.00806. The van der Waals surface area contributed by atoms with Crippen LogP contribution < -0.4 is 16.6 Å². The first-order valence-electron chi connectivity index (χ1n) is 13.5. The second-order valence-electron chi connectivity index (χ2n) is 11.3. The van der Waals surface area contributed by atoms with Crippen molar-refractivity contribution < 1.29 is 23.1 Å². The van der Waals surface area contributed by atoms with Gasteiger partial charge in [-0.2, -0.15) is 0 Å². The largest absolute Gasteiger partial charge is 0.461 e. The molecule has 1 aliphatic carbocycles. The van der Waals surface area contributed by atoms with E-state index in [-0.39, 0.29) is 40.0 Å². The number of esters is 1. The molecule has 1 saturated carbocycles. The molecule has 2 aromatic carbocycles. The van der Waals surface area contributed by atoms with E-state index in [9.17, 15) is 23.2 Å². The number of hydrogen-bond donors (Lipinski definition) is 3. The van der Waals surface area contributed by atoms with Crippen molar-refractivity contribution in [2.45, 2.75) is 65.0 Å². The van der Waals surface area contributed by atoms with Crippen LogP contribution in [0.4, 0.5) is 14.6 Å². The Balaban J connectivity index is 1.45. The van der Waals surface area contributed by atoms with Gasteiger partial charge in [-0.3, -0.25) is 14.4 Å². The molecule has 0 unspecified atom stereocenters. The van der Waals surface area contributed by atoms with Gasteiger partial charge in [0.15, 0.2) is 5.78 Å². The van der Waals surface area contributed by atoms with Crippen molar-refractivity contribution in [3.63, 3.8) is 0 Å². The Labute approximate surface area is 232 Å². The quantitative estimate of drug-likeness (QED) is 0.250. The van der Waals surface area contributed by atoms with E-state index in [2.05, 4.69) is 10.3 Å². The van der Waals surface area contributed by atoms with Gasteiger partial charge in [-0.1, -0.05) is 45.0 Å². The first-order chi connectivity index (χ1) is 18.9. The van der Waals surface area contributed by atoms with Gasteiger partial charge < -0.3 is 20.8 Å². The lowest BCUT2D eigenvalue weighted by Gasteiger charge is -2.30. The molecule has 1 aromatic heterocycles. The highest BCUT2D eigenvalue weighted by Crippen LogP contribution is 2.26. The summed E-state index contributed by atoms with van der Waals surface area (Å²) in [7, 11) is 0. The van der Waals surface area contributed by atoms with Crippen LogP contribution in [0.1, 0.15) is 67.9 Å². The maximum absolute atomic E-state index is 14.2. The average Bonchev–Trinajstić information content (AvgIpc) is 3.39. The standard InChI is InChI=1S/C31H35F2N3O4/c1-31(2,3)27(30(39)40-21-6-4-5-7-21)35-15-14-18-8-10-19(11-9-18)23-17-24(28(34)36-29(23)38)26(37)22-13-12-20(32)16-25(22)33/h8-13,16-17,21,27,35H,4-7,14-15H2,1-3H3,(H3,34,36,38)/t27-/m1/s1. The number of rotatable bonds is 9. The summed E-state index contributed by atoms with van der Waals surface area (Å²) < 4.78 is 33.3. The Bertz CT molecular complexity index is 1440. The third-order valence-corrected chi connectivity index (χ3v) is 7.21. The number of nitrogens with one attached hydrogen (secondary N) is 2. The lowest BCUT2D eigenvalue weighted by atomic mass is 9.86. The van der Waals surface area contributed by atoms with Gasteiger partial charge in [0.25, 0.3) is 5.56 Å². The lowest BCUT2D eigenvalue weighted by Crippen LogP contribution is -2.48. The van der Waals surface area contributed by atoms with Crippen LogP contribution in [0.15, 0.2) is 53.3 Å². The summed E-state index contributed by atoms with van der Waals surface area (Å²) >= 11 is 0. The van der Waals surface area contributed by atoms with E-state index in [4.69, 9.17) is 10.5 Å². The van der Waals surface area contributed by atoms with Gasteiger partial charge in [-0.15, -0.1) is 0 Å². The molecule has 0 bridgehead atoms. The zero-order valence-corrected chi connectivity index (χ0v) is 23.0. The van der Waals surface area contributed by atoms with Gasteiger partial charge >= 0.3 is 5.97 Å². The molecule has 9 heteroatoms. The Morgan fingerprint density at radius 1 is 1.05 bits per heavy atom. The van der Waals surface area contributed by atoms with Gasteiger partial charge in [0.2, 0.25) is 0 Å². The van der Waals surface area contributed by atoms with Crippen molar-refractivity contribution in [3.8, 4) is 11.1 Å². The number of hydrogen-bond acceptors (Lipinski definition) is 6. The van der Waals surface area contributed by atoms with Gasteiger partial charge in [0, 0.05) is 11.6 Å². The number of ether oxygens (including phenoxy) is 1. The van der Waals surface area contributed by atoms with Gasteiger partial charge in [-0.05, 0) is 73.4 Å². The summed E-state index contributed by atoms with van der Waals surface area (Å²) in [6.45, 7) is 6.56. The summed E-state index contributed by atoms with van der Waals surface area (Å²) in [5, 5.41) is 3.35. The maximum atomic E-state index is 14.2. The number of aromatic nitrogens is 1. The molecule has 0 saturated heterocycles. The molecular weight excluding hydrogens is 516 g/mol. The van der Waals surface area contributed by atoms with E-state index in [1.165, 1.54) is 6.07 Å². The maximum Gasteiger partial charge on any atom is 0.323 e. The van der Waals surface area contributed by atoms with Gasteiger partial charge in [-0.25, -0.2) is 8.78 Å². The highest BCUT2D eigenvalue weighted by Gasteiger charge is 2.34. The van der Waals surface area contributed by atoms with Crippen LogP contribution in [0.3, 0.4) is 0 Å².